The summed E-state index contributed by atoms with van der Waals surface area (Å²) in [6, 6.07) is 6.28. The van der Waals surface area contributed by atoms with Gasteiger partial charge in [-0.2, -0.15) is 0 Å². The Morgan fingerprint density at radius 2 is 2.27 bits per heavy atom. The van der Waals surface area contributed by atoms with Gasteiger partial charge in [0.15, 0.2) is 0 Å². The minimum absolute atomic E-state index is 0.123. The lowest BCUT2D eigenvalue weighted by Gasteiger charge is -2.13. The van der Waals surface area contributed by atoms with E-state index in [0.717, 1.165) is 18.6 Å². The van der Waals surface area contributed by atoms with Gasteiger partial charge in [-0.1, -0.05) is 23.8 Å². The third-order valence-electron chi connectivity index (χ3n) is 2.39. The van der Waals surface area contributed by atoms with Gasteiger partial charge in [0, 0.05) is 6.04 Å². The number of benzene rings is 1. The lowest BCUT2D eigenvalue weighted by Crippen LogP contribution is -2.22. The summed E-state index contributed by atoms with van der Waals surface area (Å²) in [4.78, 5) is 0. The molecule has 15 heavy (non-hydrogen) atoms. The van der Waals surface area contributed by atoms with Crippen molar-refractivity contribution in [2.45, 2.75) is 25.8 Å². The first-order valence-electron chi connectivity index (χ1n) is 5.17. The lowest BCUT2D eigenvalue weighted by molar-refractivity contribution is 0.407. The molecule has 1 atom stereocenters. The molecular formula is C13H19NO. The maximum absolute atomic E-state index is 5.96. The third-order valence-corrected chi connectivity index (χ3v) is 2.39. The molecule has 1 aromatic rings. The fourth-order valence-electron chi connectivity index (χ4n) is 1.65. The van der Waals surface area contributed by atoms with Crippen LogP contribution in [0.2, 0.25) is 0 Å². The maximum atomic E-state index is 5.96. The Hall–Kier alpha value is -1.28. The molecule has 2 heteroatoms. The molecule has 0 bridgehead atoms. The highest BCUT2D eigenvalue weighted by Gasteiger charge is 2.07. The molecular weight excluding hydrogens is 186 g/mol. The van der Waals surface area contributed by atoms with Crippen molar-refractivity contribution in [2.75, 3.05) is 7.11 Å². The zero-order chi connectivity index (χ0) is 11.3. The Bertz CT molecular complexity index is 333. The Balaban J connectivity index is 2.81. The Kier molecular flexibility index (Phi) is 4.37. The molecule has 2 N–H and O–H groups in total. The van der Waals surface area contributed by atoms with Crippen LogP contribution < -0.4 is 10.5 Å². The molecule has 0 saturated heterocycles. The van der Waals surface area contributed by atoms with Crippen molar-refractivity contribution in [1.82, 2.24) is 0 Å². The monoisotopic (exact) mass is 205 g/mol. The van der Waals surface area contributed by atoms with Gasteiger partial charge in [-0.3, -0.25) is 0 Å². The van der Waals surface area contributed by atoms with Gasteiger partial charge in [0.2, 0.25) is 0 Å². The Labute approximate surface area is 91.7 Å². The van der Waals surface area contributed by atoms with Crippen molar-refractivity contribution < 1.29 is 4.74 Å². The standard InChI is InChI=1S/C13H19NO/c1-4-5-12(14)9-11-8-10(2)6-7-13(11)15-3/h4,6-8,12H,1,5,9,14H2,2-3H3. The highest BCUT2D eigenvalue weighted by molar-refractivity contribution is 5.37. The average molecular weight is 205 g/mol. The molecule has 0 fully saturated rings. The van der Waals surface area contributed by atoms with Crippen molar-refractivity contribution in [3.05, 3.63) is 42.0 Å². The van der Waals surface area contributed by atoms with Crippen LogP contribution in [0.1, 0.15) is 17.5 Å². The van der Waals surface area contributed by atoms with Crippen LogP contribution in [-0.2, 0) is 6.42 Å². The number of ether oxygens (including phenoxy) is 1. The first-order chi connectivity index (χ1) is 7.17. The number of methoxy groups -OCH3 is 1. The normalized spacial score (nSPS) is 12.2. The zero-order valence-electron chi connectivity index (χ0n) is 9.49. The molecule has 0 aliphatic heterocycles. The van der Waals surface area contributed by atoms with E-state index in [9.17, 15) is 0 Å². The zero-order valence-corrected chi connectivity index (χ0v) is 9.49. The molecule has 0 spiro atoms. The van der Waals surface area contributed by atoms with Crippen molar-refractivity contribution in [3.8, 4) is 5.75 Å². The van der Waals surface area contributed by atoms with Crippen LogP contribution in [0.5, 0.6) is 5.75 Å². The van der Waals surface area contributed by atoms with Crippen molar-refractivity contribution in [1.29, 1.82) is 0 Å². The minimum atomic E-state index is 0.123. The largest absolute Gasteiger partial charge is 0.496 e. The quantitative estimate of drug-likeness (QED) is 0.749. The predicted octanol–water partition coefficient (Wildman–Crippen LogP) is 2.45. The van der Waals surface area contributed by atoms with Gasteiger partial charge in [-0.05, 0) is 31.4 Å². The summed E-state index contributed by atoms with van der Waals surface area (Å²) in [7, 11) is 1.69. The van der Waals surface area contributed by atoms with Gasteiger partial charge in [-0.25, -0.2) is 0 Å². The van der Waals surface area contributed by atoms with Crippen molar-refractivity contribution >= 4 is 0 Å². The number of rotatable bonds is 5. The molecule has 0 amide bonds. The second kappa shape index (κ2) is 5.56. The van der Waals surface area contributed by atoms with Crippen LogP contribution in [-0.4, -0.2) is 13.2 Å². The van der Waals surface area contributed by atoms with E-state index >= 15 is 0 Å². The molecule has 0 aliphatic carbocycles. The maximum Gasteiger partial charge on any atom is 0.122 e. The van der Waals surface area contributed by atoms with Gasteiger partial charge < -0.3 is 10.5 Å². The molecule has 0 aliphatic rings. The molecule has 0 aromatic heterocycles. The summed E-state index contributed by atoms with van der Waals surface area (Å²) in [6.07, 6.45) is 3.51. The summed E-state index contributed by atoms with van der Waals surface area (Å²) >= 11 is 0. The van der Waals surface area contributed by atoms with E-state index in [1.165, 1.54) is 11.1 Å². The van der Waals surface area contributed by atoms with Gasteiger partial charge in [0.05, 0.1) is 7.11 Å². The van der Waals surface area contributed by atoms with E-state index in [0.29, 0.717) is 0 Å². The molecule has 1 rings (SSSR count). The first-order valence-corrected chi connectivity index (χ1v) is 5.17. The van der Waals surface area contributed by atoms with Crippen LogP contribution in [0.15, 0.2) is 30.9 Å². The Morgan fingerprint density at radius 3 is 2.87 bits per heavy atom. The number of hydrogen-bond donors (Lipinski definition) is 1. The van der Waals surface area contributed by atoms with E-state index < -0.39 is 0 Å². The smallest absolute Gasteiger partial charge is 0.122 e. The summed E-state index contributed by atoms with van der Waals surface area (Å²) in [5.74, 6) is 0.917. The summed E-state index contributed by atoms with van der Waals surface area (Å²) < 4.78 is 5.30. The average Bonchev–Trinajstić information content (AvgIpc) is 2.18. The summed E-state index contributed by atoms with van der Waals surface area (Å²) in [6.45, 7) is 5.76. The predicted molar refractivity (Wildman–Crippen MR) is 64.2 cm³/mol. The van der Waals surface area contributed by atoms with E-state index in [2.05, 4.69) is 19.6 Å². The van der Waals surface area contributed by atoms with Crippen LogP contribution in [0.4, 0.5) is 0 Å². The van der Waals surface area contributed by atoms with E-state index in [1.54, 1.807) is 7.11 Å². The van der Waals surface area contributed by atoms with E-state index in [4.69, 9.17) is 10.5 Å². The van der Waals surface area contributed by atoms with Crippen LogP contribution in [0.25, 0.3) is 0 Å². The van der Waals surface area contributed by atoms with Crippen LogP contribution >= 0.6 is 0 Å². The second-order valence-corrected chi connectivity index (χ2v) is 3.80. The van der Waals surface area contributed by atoms with Gasteiger partial charge in [-0.15, -0.1) is 6.58 Å². The van der Waals surface area contributed by atoms with Gasteiger partial charge in [0.25, 0.3) is 0 Å². The fraction of sp³-hybridized carbons (Fsp3) is 0.385. The van der Waals surface area contributed by atoms with Gasteiger partial charge >= 0.3 is 0 Å². The topological polar surface area (TPSA) is 35.2 Å². The second-order valence-electron chi connectivity index (χ2n) is 3.80. The van der Waals surface area contributed by atoms with E-state index in [-0.39, 0.29) is 6.04 Å². The van der Waals surface area contributed by atoms with Crippen LogP contribution in [0, 0.1) is 6.92 Å². The Morgan fingerprint density at radius 1 is 1.53 bits per heavy atom. The van der Waals surface area contributed by atoms with Crippen molar-refractivity contribution in [2.24, 2.45) is 5.73 Å². The highest BCUT2D eigenvalue weighted by Crippen LogP contribution is 2.21. The number of nitrogens with two attached hydrogens (primary N) is 1. The SMILES string of the molecule is C=CCC(N)Cc1cc(C)ccc1OC. The van der Waals surface area contributed by atoms with E-state index in [1.807, 2.05) is 18.2 Å². The molecule has 82 valence electrons. The van der Waals surface area contributed by atoms with Gasteiger partial charge in [0.1, 0.15) is 5.75 Å². The molecule has 0 saturated carbocycles. The molecule has 0 radical (unpaired) electrons. The number of hydrogen-bond acceptors (Lipinski definition) is 2. The number of aryl methyl sites for hydroxylation is 1. The summed E-state index contributed by atoms with van der Waals surface area (Å²) in [5, 5.41) is 0. The van der Waals surface area contributed by atoms with Crippen LogP contribution in [0.3, 0.4) is 0 Å². The third kappa shape index (κ3) is 3.40. The molecule has 1 aromatic carbocycles. The summed E-state index contributed by atoms with van der Waals surface area (Å²) in [5.41, 5.74) is 8.37. The fourth-order valence-corrected chi connectivity index (χ4v) is 1.65. The molecule has 0 heterocycles. The molecule has 2 nitrogen and oxygen atoms in total. The highest BCUT2D eigenvalue weighted by atomic mass is 16.5. The lowest BCUT2D eigenvalue weighted by atomic mass is 10.0. The first kappa shape index (κ1) is 11.8. The van der Waals surface area contributed by atoms with Crippen molar-refractivity contribution in [3.63, 3.8) is 0 Å². The minimum Gasteiger partial charge on any atom is -0.496 e. The molecule has 1 unspecified atom stereocenters.